The third-order valence-corrected chi connectivity index (χ3v) is 5.58. The van der Waals surface area contributed by atoms with E-state index in [-0.39, 0.29) is 11.9 Å². The van der Waals surface area contributed by atoms with Crippen molar-refractivity contribution in [3.63, 3.8) is 0 Å². The molecule has 5 nitrogen and oxygen atoms in total. The van der Waals surface area contributed by atoms with E-state index in [9.17, 15) is 14.7 Å². The van der Waals surface area contributed by atoms with Crippen LogP contribution in [0.5, 0.6) is 0 Å². The van der Waals surface area contributed by atoms with E-state index in [1.54, 1.807) is 6.92 Å². The minimum atomic E-state index is -1.15. The summed E-state index contributed by atoms with van der Waals surface area (Å²) in [5.41, 5.74) is 1.54. The minimum Gasteiger partial charge on any atom is -0.462 e. The third-order valence-electron chi connectivity index (χ3n) is 5.58. The standard InChI is InChI=1S/C22H32O5/c1-14-8-6-9-15(2)12-19(26-17(4)23)18-13-20(27-21(24)16(18)3)22(5,25)11-7-10-14/h9-10,18-20,25H,3,6-8,11-13H2,1-2,4-5H3/b14-10+,15-9+/t18-,19-,20-,22+/m0/s1. The molecule has 1 saturated heterocycles. The zero-order chi connectivity index (χ0) is 20.2. The first-order valence-corrected chi connectivity index (χ1v) is 9.70. The molecule has 4 atom stereocenters. The lowest BCUT2D eigenvalue weighted by molar-refractivity contribution is -0.174. The summed E-state index contributed by atoms with van der Waals surface area (Å²) in [6.07, 6.45) is 7.17. The molecule has 0 saturated carbocycles. The summed E-state index contributed by atoms with van der Waals surface area (Å²) in [6.45, 7) is 11.1. The molecule has 1 aliphatic heterocycles. The number of esters is 2. The Balaban J connectivity index is 2.38. The normalized spacial score (nSPS) is 37.1. The van der Waals surface area contributed by atoms with Gasteiger partial charge in [0.15, 0.2) is 0 Å². The van der Waals surface area contributed by atoms with Gasteiger partial charge in [-0.1, -0.05) is 29.9 Å². The molecule has 5 heteroatoms. The fraction of sp³-hybridized carbons (Fsp3) is 0.636. The molecule has 1 aliphatic carbocycles. The van der Waals surface area contributed by atoms with Crippen LogP contribution in [0.4, 0.5) is 0 Å². The smallest absolute Gasteiger partial charge is 0.334 e. The second-order valence-corrected chi connectivity index (χ2v) is 8.15. The van der Waals surface area contributed by atoms with Gasteiger partial charge in [-0.3, -0.25) is 4.79 Å². The molecule has 0 aromatic carbocycles. The summed E-state index contributed by atoms with van der Waals surface area (Å²) in [5.74, 6) is -1.27. The zero-order valence-corrected chi connectivity index (χ0v) is 16.9. The van der Waals surface area contributed by atoms with Gasteiger partial charge in [0.05, 0.1) is 5.60 Å². The number of hydrogen-bond donors (Lipinski definition) is 1. The highest BCUT2D eigenvalue weighted by Crippen LogP contribution is 2.37. The van der Waals surface area contributed by atoms with Gasteiger partial charge >= 0.3 is 11.9 Å². The fourth-order valence-electron chi connectivity index (χ4n) is 3.83. The SMILES string of the molecule is C=C1C(=O)O[C@H]2C[C@@H]1[C@@H](OC(C)=O)C/C(C)=C/CC/C(C)=C/CC[C@@]2(C)O. The molecule has 0 spiro atoms. The number of carbonyl (C=O) groups excluding carboxylic acids is 2. The first-order chi connectivity index (χ1) is 12.6. The van der Waals surface area contributed by atoms with Crippen LogP contribution < -0.4 is 0 Å². The molecule has 1 heterocycles. The van der Waals surface area contributed by atoms with Crippen LogP contribution >= 0.6 is 0 Å². The average molecular weight is 376 g/mol. The van der Waals surface area contributed by atoms with E-state index < -0.39 is 23.8 Å². The maximum Gasteiger partial charge on any atom is 0.334 e. The first-order valence-electron chi connectivity index (χ1n) is 9.70. The lowest BCUT2D eigenvalue weighted by atomic mass is 9.78. The van der Waals surface area contributed by atoms with Gasteiger partial charge in [-0.05, 0) is 52.9 Å². The lowest BCUT2D eigenvalue weighted by Crippen LogP contribution is -2.49. The van der Waals surface area contributed by atoms with Crippen molar-refractivity contribution in [3.05, 3.63) is 35.5 Å². The van der Waals surface area contributed by atoms with Crippen LogP contribution in [-0.4, -0.2) is 34.9 Å². The molecular formula is C22H32O5. The highest BCUT2D eigenvalue weighted by atomic mass is 16.6. The molecule has 1 fully saturated rings. The Morgan fingerprint density at radius 3 is 2.63 bits per heavy atom. The number of allylic oxidation sites excluding steroid dienone is 3. The predicted molar refractivity (Wildman–Crippen MR) is 104 cm³/mol. The maximum atomic E-state index is 12.4. The third kappa shape index (κ3) is 5.80. The van der Waals surface area contributed by atoms with Gasteiger partial charge in [-0.2, -0.15) is 0 Å². The highest BCUT2D eigenvalue weighted by molar-refractivity contribution is 5.89. The summed E-state index contributed by atoms with van der Waals surface area (Å²) in [5, 5.41) is 11.0. The zero-order valence-electron chi connectivity index (χ0n) is 16.9. The van der Waals surface area contributed by atoms with Gasteiger partial charge in [-0.25, -0.2) is 4.79 Å². The van der Waals surface area contributed by atoms with Crippen molar-refractivity contribution in [3.8, 4) is 0 Å². The number of rotatable bonds is 1. The molecule has 0 radical (unpaired) electrons. The topological polar surface area (TPSA) is 72.8 Å². The summed E-state index contributed by atoms with van der Waals surface area (Å²) >= 11 is 0. The van der Waals surface area contributed by atoms with Crippen LogP contribution in [0.1, 0.15) is 66.2 Å². The van der Waals surface area contributed by atoms with Gasteiger partial charge in [0.2, 0.25) is 0 Å². The van der Waals surface area contributed by atoms with Gasteiger partial charge in [-0.15, -0.1) is 0 Å². The molecule has 0 unspecified atom stereocenters. The van der Waals surface area contributed by atoms with Crippen LogP contribution in [0.2, 0.25) is 0 Å². The van der Waals surface area contributed by atoms with E-state index in [1.807, 2.05) is 6.92 Å². The summed E-state index contributed by atoms with van der Waals surface area (Å²) in [7, 11) is 0. The van der Waals surface area contributed by atoms with Crippen molar-refractivity contribution in [1.82, 2.24) is 0 Å². The van der Waals surface area contributed by atoms with Gasteiger partial charge < -0.3 is 14.6 Å². The average Bonchev–Trinajstić information content (AvgIpc) is 2.55. The maximum absolute atomic E-state index is 12.4. The fourth-order valence-corrected chi connectivity index (χ4v) is 3.83. The summed E-state index contributed by atoms with van der Waals surface area (Å²) in [6, 6.07) is 0. The number of hydrogen-bond acceptors (Lipinski definition) is 5. The van der Waals surface area contributed by atoms with Crippen molar-refractivity contribution >= 4 is 11.9 Å². The van der Waals surface area contributed by atoms with E-state index in [4.69, 9.17) is 9.47 Å². The van der Waals surface area contributed by atoms with E-state index in [1.165, 1.54) is 12.5 Å². The Kier molecular flexibility index (Phi) is 7.04. The Bertz CT molecular complexity index is 656. The second-order valence-electron chi connectivity index (χ2n) is 8.15. The van der Waals surface area contributed by atoms with Crippen molar-refractivity contribution in [2.45, 2.75) is 84.0 Å². The van der Waals surface area contributed by atoms with Crippen LogP contribution in [0.25, 0.3) is 0 Å². The molecule has 0 aromatic rings. The Labute approximate surface area is 162 Å². The van der Waals surface area contributed by atoms with Crippen molar-refractivity contribution in [2.24, 2.45) is 5.92 Å². The van der Waals surface area contributed by atoms with Crippen molar-refractivity contribution in [1.29, 1.82) is 0 Å². The molecular weight excluding hydrogens is 344 g/mol. The van der Waals surface area contributed by atoms with E-state index >= 15 is 0 Å². The second kappa shape index (κ2) is 8.87. The predicted octanol–water partition coefficient (Wildman–Crippen LogP) is 4.01. The van der Waals surface area contributed by atoms with Gasteiger partial charge in [0.1, 0.15) is 12.2 Å². The van der Waals surface area contributed by atoms with Gasteiger partial charge in [0, 0.05) is 24.8 Å². The van der Waals surface area contributed by atoms with Crippen LogP contribution in [0.15, 0.2) is 35.5 Å². The molecule has 2 aliphatic rings. The number of ether oxygens (including phenoxy) is 2. The van der Waals surface area contributed by atoms with Crippen LogP contribution in [0.3, 0.4) is 0 Å². The van der Waals surface area contributed by atoms with Crippen molar-refractivity contribution in [2.75, 3.05) is 0 Å². The number of carbonyl (C=O) groups is 2. The summed E-state index contributed by atoms with van der Waals surface area (Å²) in [4.78, 5) is 24.1. The molecule has 2 rings (SSSR count). The van der Waals surface area contributed by atoms with Crippen LogP contribution in [0, 0.1) is 5.92 Å². The van der Waals surface area contributed by atoms with Gasteiger partial charge in [0.25, 0.3) is 0 Å². The molecule has 2 bridgehead atoms. The molecule has 0 amide bonds. The summed E-state index contributed by atoms with van der Waals surface area (Å²) < 4.78 is 11.1. The lowest BCUT2D eigenvalue weighted by Gasteiger charge is -2.40. The largest absolute Gasteiger partial charge is 0.462 e. The number of aliphatic hydroxyl groups is 1. The molecule has 1 N–H and O–H groups in total. The first kappa shape index (κ1) is 21.4. The molecule has 27 heavy (non-hydrogen) atoms. The van der Waals surface area contributed by atoms with Crippen LogP contribution in [-0.2, 0) is 19.1 Å². The highest BCUT2D eigenvalue weighted by Gasteiger charge is 2.45. The van der Waals surface area contributed by atoms with E-state index in [0.717, 1.165) is 18.4 Å². The monoisotopic (exact) mass is 376 g/mol. The van der Waals surface area contributed by atoms with Crippen molar-refractivity contribution < 1.29 is 24.2 Å². The molecule has 150 valence electrons. The van der Waals surface area contributed by atoms with E-state index in [0.29, 0.717) is 31.3 Å². The Hall–Kier alpha value is -1.88. The Morgan fingerprint density at radius 1 is 1.30 bits per heavy atom. The Morgan fingerprint density at radius 2 is 1.96 bits per heavy atom. The number of fused-ring (bicyclic) bond motifs is 2. The molecule has 0 aromatic heterocycles. The quantitative estimate of drug-likeness (QED) is 0.425. The minimum absolute atomic E-state index is 0.309. The van der Waals surface area contributed by atoms with E-state index in [2.05, 4.69) is 25.7 Å².